The summed E-state index contributed by atoms with van der Waals surface area (Å²) in [6.07, 6.45) is 1.89. The number of hydrogen-bond acceptors (Lipinski definition) is 3. The molecule has 2 N–H and O–H groups in total. The van der Waals surface area contributed by atoms with Crippen LogP contribution in [0.15, 0.2) is 16.9 Å². The van der Waals surface area contributed by atoms with E-state index in [2.05, 4.69) is 15.3 Å². The van der Waals surface area contributed by atoms with Crippen molar-refractivity contribution in [3.8, 4) is 0 Å². The molecule has 0 aromatic carbocycles. The van der Waals surface area contributed by atoms with Crippen LogP contribution >= 0.6 is 11.6 Å². The fourth-order valence-electron chi connectivity index (χ4n) is 2.38. The molecule has 90 valence electrons. The Balaban J connectivity index is 2.16. The van der Waals surface area contributed by atoms with Crippen molar-refractivity contribution in [3.05, 3.63) is 27.8 Å². The van der Waals surface area contributed by atoms with E-state index in [4.69, 9.17) is 11.6 Å². The molecule has 1 aliphatic heterocycles. The van der Waals surface area contributed by atoms with E-state index in [1.807, 2.05) is 0 Å². The van der Waals surface area contributed by atoms with Gasteiger partial charge in [-0.25, -0.2) is 9.78 Å². The first kappa shape index (κ1) is 10.8. The molecule has 1 fully saturated rings. The molecule has 3 heterocycles. The second-order valence-electron chi connectivity index (χ2n) is 4.29. The Bertz CT molecular complexity index is 597. The molecule has 0 bridgehead atoms. The number of H-pyrrole nitrogens is 1. The molecule has 0 radical (unpaired) electrons. The Labute approximate surface area is 103 Å². The molecule has 1 saturated heterocycles. The van der Waals surface area contributed by atoms with Crippen molar-refractivity contribution in [1.82, 2.24) is 19.9 Å². The van der Waals surface area contributed by atoms with Gasteiger partial charge in [0, 0.05) is 6.04 Å². The smallest absolute Gasteiger partial charge is 0.317 e. The van der Waals surface area contributed by atoms with E-state index in [1.54, 1.807) is 16.7 Å². The van der Waals surface area contributed by atoms with Crippen molar-refractivity contribution in [1.29, 1.82) is 0 Å². The zero-order chi connectivity index (χ0) is 11.8. The Hall–Kier alpha value is -1.33. The van der Waals surface area contributed by atoms with Crippen LogP contribution in [0.25, 0.3) is 11.2 Å². The highest BCUT2D eigenvalue weighted by Crippen LogP contribution is 2.21. The number of fused-ring (bicyclic) bond motifs is 1. The normalized spacial score (nSPS) is 17.7. The summed E-state index contributed by atoms with van der Waals surface area (Å²) in [7, 11) is 0. The molecule has 1 aliphatic rings. The van der Waals surface area contributed by atoms with Crippen LogP contribution < -0.4 is 11.0 Å². The molecule has 0 saturated carbocycles. The fourth-order valence-corrected chi connectivity index (χ4v) is 2.52. The summed E-state index contributed by atoms with van der Waals surface area (Å²) in [4.78, 5) is 19.0. The standard InChI is InChI=1S/C11H13ClN4O/c12-9-2-1-8-10(15-9)16(11(17)14-8)7-3-5-13-6-4-7/h1-2,7,13H,3-6H2,(H,14,17). The number of aromatic amines is 1. The second kappa shape index (κ2) is 4.16. The molecule has 3 rings (SSSR count). The van der Waals surface area contributed by atoms with Crippen molar-refractivity contribution in [2.45, 2.75) is 18.9 Å². The number of halogens is 1. The summed E-state index contributed by atoms with van der Waals surface area (Å²) in [5.41, 5.74) is 1.31. The predicted octanol–water partition coefficient (Wildman–Crippen LogP) is 1.30. The molecule has 6 heteroatoms. The zero-order valence-corrected chi connectivity index (χ0v) is 10.00. The first-order chi connectivity index (χ1) is 8.25. The van der Waals surface area contributed by atoms with Crippen LogP contribution in [0.5, 0.6) is 0 Å². The number of imidazole rings is 1. The van der Waals surface area contributed by atoms with Gasteiger partial charge in [0.25, 0.3) is 0 Å². The molecule has 17 heavy (non-hydrogen) atoms. The van der Waals surface area contributed by atoms with E-state index in [9.17, 15) is 4.79 Å². The van der Waals surface area contributed by atoms with E-state index in [1.165, 1.54) is 0 Å². The van der Waals surface area contributed by atoms with Gasteiger partial charge >= 0.3 is 5.69 Å². The molecule has 0 spiro atoms. The largest absolute Gasteiger partial charge is 0.327 e. The van der Waals surface area contributed by atoms with Gasteiger partial charge in [-0.15, -0.1) is 0 Å². The van der Waals surface area contributed by atoms with Gasteiger partial charge in [0.15, 0.2) is 5.65 Å². The lowest BCUT2D eigenvalue weighted by Crippen LogP contribution is -2.33. The van der Waals surface area contributed by atoms with Crippen LogP contribution in [0.2, 0.25) is 5.15 Å². The minimum atomic E-state index is -0.0957. The van der Waals surface area contributed by atoms with Crippen LogP contribution in [0.1, 0.15) is 18.9 Å². The molecule has 2 aromatic heterocycles. The maximum atomic E-state index is 12.0. The predicted molar refractivity (Wildman–Crippen MR) is 66.5 cm³/mol. The quantitative estimate of drug-likeness (QED) is 0.752. The third-order valence-corrected chi connectivity index (χ3v) is 3.41. The average molecular weight is 253 g/mol. The van der Waals surface area contributed by atoms with Gasteiger partial charge in [0.1, 0.15) is 5.15 Å². The van der Waals surface area contributed by atoms with Gasteiger partial charge in [-0.2, -0.15) is 0 Å². The zero-order valence-electron chi connectivity index (χ0n) is 9.24. The number of piperidine rings is 1. The van der Waals surface area contributed by atoms with Crippen LogP contribution in [0.4, 0.5) is 0 Å². The average Bonchev–Trinajstić information content (AvgIpc) is 2.65. The van der Waals surface area contributed by atoms with Gasteiger partial charge in [0.05, 0.1) is 5.52 Å². The Morgan fingerprint density at radius 3 is 2.88 bits per heavy atom. The van der Waals surface area contributed by atoms with Crippen LogP contribution in [0, 0.1) is 0 Å². The highest BCUT2D eigenvalue weighted by molar-refractivity contribution is 6.29. The molecular weight excluding hydrogens is 240 g/mol. The lowest BCUT2D eigenvalue weighted by atomic mass is 10.1. The minimum absolute atomic E-state index is 0.0957. The summed E-state index contributed by atoms with van der Waals surface area (Å²) in [6, 6.07) is 3.69. The maximum absolute atomic E-state index is 12.0. The SMILES string of the molecule is O=c1[nH]c2ccc(Cl)nc2n1C1CCNCC1. The lowest BCUT2D eigenvalue weighted by Gasteiger charge is -2.23. The van der Waals surface area contributed by atoms with E-state index >= 15 is 0 Å². The molecule has 2 aromatic rings. The summed E-state index contributed by atoms with van der Waals surface area (Å²) < 4.78 is 1.74. The highest BCUT2D eigenvalue weighted by Gasteiger charge is 2.20. The number of aromatic nitrogens is 3. The highest BCUT2D eigenvalue weighted by atomic mass is 35.5. The summed E-state index contributed by atoms with van der Waals surface area (Å²) >= 11 is 5.89. The number of nitrogens with zero attached hydrogens (tertiary/aromatic N) is 2. The second-order valence-corrected chi connectivity index (χ2v) is 4.67. The van der Waals surface area contributed by atoms with Crippen molar-refractivity contribution in [2.24, 2.45) is 0 Å². The van der Waals surface area contributed by atoms with Gasteiger partial charge in [0.2, 0.25) is 0 Å². The molecule has 0 amide bonds. The third kappa shape index (κ3) is 1.85. The molecule has 0 unspecified atom stereocenters. The van der Waals surface area contributed by atoms with Crippen molar-refractivity contribution >= 4 is 22.8 Å². The number of pyridine rings is 1. The summed E-state index contributed by atoms with van der Waals surface area (Å²) in [5.74, 6) is 0. The topological polar surface area (TPSA) is 62.7 Å². The maximum Gasteiger partial charge on any atom is 0.327 e. The van der Waals surface area contributed by atoms with Gasteiger partial charge < -0.3 is 10.3 Å². The molecule has 0 aliphatic carbocycles. The van der Waals surface area contributed by atoms with Crippen LogP contribution in [-0.2, 0) is 0 Å². The number of rotatable bonds is 1. The first-order valence-electron chi connectivity index (χ1n) is 5.73. The lowest BCUT2D eigenvalue weighted by molar-refractivity contribution is 0.367. The van der Waals surface area contributed by atoms with Crippen LogP contribution in [0.3, 0.4) is 0 Å². The summed E-state index contributed by atoms with van der Waals surface area (Å²) in [6.45, 7) is 1.87. The fraction of sp³-hybridized carbons (Fsp3) is 0.455. The Morgan fingerprint density at radius 2 is 2.12 bits per heavy atom. The molecular formula is C11H13ClN4O. The van der Waals surface area contributed by atoms with Gasteiger partial charge in [-0.1, -0.05) is 11.6 Å². The van der Waals surface area contributed by atoms with E-state index in [-0.39, 0.29) is 11.7 Å². The third-order valence-electron chi connectivity index (χ3n) is 3.20. The number of hydrogen-bond donors (Lipinski definition) is 2. The van der Waals surface area contributed by atoms with Crippen LogP contribution in [-0.4, -0.2) is 27.6 Å². The van der Waals surface area contributed by atoms with E-state index in [0.717, 1.165) is 31.4 Å². The van der Waals surface area contributed by atoms with E-state index < -0.39 is 0 Å². The van der Waals surface area contributed by atoms with Crippen molar-refractivity contribution in [2.75, 3.05) is 13.1 Å². The van der Waals surface area contributed by atoms with E-state index in [0.29, 0.717) is 10.8 Å². The van der Waals surface area contributed by atoms with Gasteiger partial charge in [-0.05, 0) is 38.1 Å². The molecule has 5 nitrogen and oxygen atoms in total. The van der Waals surface area contributed by atoms with Crippen molar-refractivity contribution in [3.63, 3.8) is 0 Å². The van der Waals surface area contributed by atoms with Crippen molar-refractivity contribution < 1.29 is 0 Å². The minimum Gasteiger partial charge on any atom is -0.317 e. The summed E-state index contributed by atoms with van der Waals surface area (Å²) in [5, 5.41) is 3.70. The monoisotopic (exact) mass is 252 g/mol. The Kier molecular flexibility index (Phi) is 2.64. The Morgan fingerprint density at radius 1 is 1.35 bits per heavy atom. The number of nitrogens with one attached hydrogen (secondary N) is 2. The first-order valence-corrected chi connectivity index (χ1v) is 6.11. The molecule has 0 atom stereocenters. The van der Waals surface area contributed by atoms with Gasteiger partial charge in [-0.3, -0.25) is 4.57 Å².